The minimum absolute atomic E-state index is 0.208. The number of fused-ring (bicyclic) bond motifs is 1. The van der Waals surface area contributed by atoms with Crippen LogP contribution in [0.5, 0.6) is 0 Å². The average Bonchev–Trinajstić information content (AvgIpc) is 2.68. The zero-order chi connectivity index (χ0) is 14.8. The molecule has 2 N–H and O–H groups in total. The van der Waals surface area contributed by atoms with Crippen molar-refractivity contribution in [1.82, 2.24) is 0 Å². The first kappa shape index (κ1) is 14.1. The minimum Gasteiger partial charge on any atom is -0.367 e. The molecule has 0 radical (unpaired) electrons. The molecule has 1 heterocycles. The number of hydrogen-bond acceptors (Lipinski definition) is 2. The van der Waals surface area contributed by atoms with Crippen molar-refractivity contribution in [1.29, 1.82) is 0 Å². The third kappa shape index (κ3) is 2.79. The molecule has 2 nitrogen and oxygen atoms in total. The molecule has 0 spiro atoms. The van der Waals surface area contributed by atoms with Crippen molar-refractivity contribution in [2.75, 3.05) is 11.4 Å². The number of rotatable bonds is 2. The number of aryl methyl sites for hydroxylation is 1. The zero-order valence-corrected chi connectivity index (χ0v) is 12.3. The van der Waals surface area contributed by atoms with Gasteiger partial charge < -0.3 is 10.6 Å². The normalized spacial score (nSPS) is 16.2. The quantitative estimate of drug-likeness (QED) is 0.909. The van der Waals surface area contributed by atoms with Gasteiger partial charge in [-0.15, -0.1) is 0 Å². The summed E-state index contributed by atoms with van der Waals surface area (Å²) in [5, 5.41) is 0. The summed E-state index contributed by atoms with van der Waals surface area (Å²) >= 11 is 0. The summed E-state index contributed by atoms with van der Waals surface area (Å²) < 4.78 is 14.1. The van der Waals surface area contributed by atoms with Crippen molar-refractivity contribution in [2.24, 2.45) is 5.73 Å². The molecule has 0 aromatic heterocycles. The van der Waals surface area contributed by atoms with E-state index in [1.165, 1.54) is 17.2 Å². The lowest BCUT2D eigenvalue weighted by molar-refractivity contribution is 0.590. The fourth-order valence-electron chi connectivity index (χ4n) is 3.16. The summed E-state index contributed by atoms with van der Waals surface area (Å²) in [5.41, 5.74) is 10.3. The van der Waals surface area contributed by atoms with Crippen molar-refractivity contribution in [2.45, 2.75) is 32.4 Å². The molecule has 0 aliphatic carbocycles. The summed E-state index contributed by atoms with van der Waals surface area (Å²) in [5.74, 6) is -0.208. The second kappa shape index (κ2) is 5.86. The van der Waals surface area contributed by atoms with Crippen molar-refractivity contribution >= 4 is 5.69 Å². The Morgan fingerprint density at radius 3 is 2.62 bits per heavy atom. The molecule has 1 aliphatic rings. The van der Waals surface area contributed by atoms with Gasteiger partial charge in [0, 0.05) is 30.4 Å². The van der Waals surface area contributed by atoms with Crippen LogP contribution in [-0.2, 0) is 13.0 Å². The molecule has 0 amide bonds. The topological polar surface area (TPSA) is 29.3 Å². The second-order valence-electron chi connectivity index (χ2n) is 5.76. The fraction of sp³-hybridized carbons (Fsp3) is 0.333. The van der Waals surface area contributed by atoms with Crippen molar-refractivity contribution < 1.29 is 4.39 Å². The maximum absolute atomic E-state index is 14.1. The first-order valence-electron chi connectivity index (χ1n) is 7.52. The Balaban J connectivity index is 2.00. The predicted molar refractivity (Wildman–Crippen MR) is 84.8 cm³/mol. The molecule has 0 saturated heterocycles. The van der Waals surface area contributed by atoms with Crippen LogP contribution in [0.25, 0.3) is 0 Å². The summed E-state index contributed by atoms with van der Waals surface area (Å²) in [7, 11) is 0. The van der Waals surface area contributed by atoms with Gasteiger partial charge >= 0.3 is 0 Å². The molecular weight excluding hydrogens is 263 g/mol. The van der Waals surface area contributed by atoms with Crippen molar-refractivity contribution in [3.8, 4) is 0 Å². The monoisotopic (exact) mass is 284 g/mol. The first-order valence-corrected chi connectivity index (χ1v) is 7.52. The van der Waals surface area contributed by atoms with Crippen LogP contribution < -0.4 is 10.6 Å². The Kier molecular flexibility index (Phi) is 3.93. The van der Waals surface area contributed by atoms with Crippen molar-refractivity contribution in [3.63, 3.8) is 0 Å². The van der Waals surface area contributed by atoms with E-state index >= 15 is 0 Å². The number of nitrogens with two attached hydrogens (primary N) is 1. The standard InChI is InChI=1S/C18H21FN2/c1-13(20)18-16(19)9-4-10-17(18)21-11-5-8-14-6-2-3-7-15(14)12-21/h2-4,6-7,9-10,13H,5,8,11-12,20H2,1H3/t13-/m0/s1. The predicted octanol–water partition coefficient (Wildman–Crippen LogP) is 3.80. The minimum atomic E-state index is -0.306. The summed E-state index contributed by atoms with van der Waals surface area (Å²) in [6, 6.07) is 13.5. The average molecular weight is 284 g/mol. The van der Waals surface area contributed by atoms with Crippen LogP contribution in [0.2, 0.25) is 0 Å². The van der Waals surface area contributed by atoms with Gasteiger partial charge in [0.05, 0.1) is 0 Å². The number of nitrogens with zero attached hydrogens (tertiary/aromatic N) is 1. The third-order valence-electron chi connectivity index (χ3n) is 4.18. The highest BCUT2D eigenvalue weighted by molar-refractivity contribution is 5.56. The van der Waals surface area contributed by atoms with Gasteiger partial charge in [0.2, 0.25) is 0 Å². The molecule has 1 aliphatic heterocycles. The molecule has 0 saturated carbocycles. The highest BCUT2D eigenvalue weighted by Crippen LogP contribution is 2.31. The smallest absolute Gasteiger partial charge is 0.130 e. The zero-order valence-electron chi connectivity index (χ0n) is 12.3. The van der Waals surface area contributed by atoms with Crippen LogP contribution in [0.3, 0.4) is 0 Å². The van der Waals surface area contributed by atoms with E-state index in [0.29, 0.717) is 5.56 Å². The molecule has 0 unspecified atom stereocenters. The van der Waals surface area contributed by atoms with E-state index in [2.05, 4.69) is 29.2 Å². The maximum atomic E-state index is 14.1. The van der Waals surface area contributed by atoms with Crippen LogP contribution >= 0.6 is 0 Å². The van der Waals surface area contributed by atoms with Gasteiger partial charge in [-0.1, -0.05) is 30.3 Å². The largest absolute Gasteiger partial charge is 0.367 e. The molecule has 3 heteroatoms. The van der Waals surface area contributed by atoms with Gasteiger partial charge in [0.1, 0.15) is 5.82 Å². The summed E-state index contributed by atoms with van der Waals surface area (Å²) in [6.45, 7) is 3.59. The maximum Gasteiger partial charge on any atom is 0.130 e. The van der Waals surface area contributed by atoms with Gasteiger partial charge in [-0.2, -0.15) is 0 Å². The molecule has 2 aromatic rings. The lowest BCUT2D eigenvalue weighted by Crippen LogP contribution is -2.25. The van der Waals surface area contributed by atoms with Crippen molar-refractivity contribution in [3.05, 3.63) is 65.0 Å². The molecule has 110 valence electrons. The Bertz CT molecular complexity index is 637. The van der Waals surface area contributed by atoms with Gasteiger partial charge in [-0.05, 0) is 43.0 Å². The second-order valence-corrected chi connectivity index (χ2v) is 5.76. The van der Waals surface area contributed by atoms with E-state index in [-0.39, 0.29) is 11.9 Å². The fourth-order valence-corrected chi connectivity index (χ4v) is 3.16. The summed E-state index contributed by atoms with van der Waals surface area (Å²) in [4.78, 5) is 2.26. The Hall–Kier alpha value is -1.87. The van der Waals surface area contributed by atoms with Crippen LogP contribution in [0.4, 0.5) is 10.1 Å². The Morgan fingerprint density at radius 1 is 1.10 bits per heavy atom. The molecule has 2 aromatic carbocycles. The molecule has 0 bridgehead atoms. The molecule has 3 rings (SSSR count). The van der Waals surface area contributed by atoms with Crippen LogP contribution in [-0.4, -0.2) is 6.54 Å². The van der Waals surface area contributed by atoms with Crippen LogP contribution in [0.1, 0.15) is 36.1 Å². The number of hydrogen-bond donors (Lipinski definition) is 1. The van der Waals surface area contributed by atoms with Gasteiger partial charge in [-0.3, -0.25) is 0 Å². The van der Waals surface area contributed by atoms with Gasteiger partial charge in [0.15, 0.2) is 0 Å². The molecule has 0 fully saturated rings. The molecule has 1 atom stereocenters. The number of benzene rings is 2. The van der Waals surface area contributed by atoms with Crippen LogP contribution in [0.15, 0.2) is 42.5 Å². The van der Waals surface area contributed by atoms with E-state index in [9.17, 15) is 4.39 Å². The van der Waals surface area contributed by atoms with E-state index in [1.807, 2.05) is 13.0 Å². The SMILES string of the molecule is C[C@H](N)c1c(F)cccc1N1CCCc2ccccc2C1. The molecule has 21 heavy (non-hydrogen) atoms. The van der Waals surface area contributed by atoms with Gasteiger partial charge in [0.25, 0.3) is 0 Å². The lowest BCUT2D eigenvalue weighted by atomic mass is 10.0. The van der Waals surface area contributed by atoms with E-state index < -0.39 is 0 Å². The highest BCUT2D eigenvalue weighted by atomic mass is 19.1. The van der Waals surface area contributed by atoms with Crippen LogP contribution in [0, 0.1) is 5.82 Å². The third-order valence-corrected chi connectivity index (χ3v) is 4.18. The van der Waals surface area contributed by atoms with Gasteiger partial charge in [-0.25, -0.2) is 4.39 Å². The van der Waals surface area contributed by atoms with E-state index in [0.717, 1.165) is 31.6 Å². The lowest BCUT2D eigenvalue weighted by Gasteiger charge is -2.27. The molecular formula is C18H21FN2. The number of anilines is 1. The first-order chi connectivity index (χ1) is 10.2. The summed E-state index contributed by atoms with van der Waals surface area (Å²) in [6.07, 6.45) is 2.15. The Labute approximate surface area is 125 Å². The van der Waals surface area contributed by atoms with E-state index in [1.54, 1.807) is 6.07 Å². The highest BCUT2D eigenvalue weighted by Gasteiger charge is 2.20. The van der Waals surface area contributed by atoms with E-state index in [4.69, 9.17) is 5.73 Å². The number of halogens is 1. The Morgan fingerprint density at radius 2 is 1.86 bits per heavy atom.